The maximum absolute atomic E-state index is 13.1. The first kappa shape index (κ1) is 23.2. The molecule has 0 atom stereocenters. The number of carbonyl (C=O) groups excluding carboxylic acids is 1. The van der Waals surface area contributed by atoms with Gasteiger partial charge in [-0.25, -0.2) is 10.4 Å². The highest BCUT2D eigenvalue weighted by atomic mass is 35.5. The number of aromatic amines is 1. The van der Waals surface area contributed by atoms with Crippen LogP contribution in [-0.2, 0) is 0 Å². The lowest BCUT2D eigenvalue weighted by Gasteiger charge is -2.14. The number of para-hydroxylation sites is 2. The second-order valence-electron chi connectivity index (χ2n) is 6.74. The average molecular weight is 524 g/mol. The van der Waals surface area contributed by atoms with E-state index in [9.17, 15) is 9.90 Å². The molecule has 0 radical (unpaired) electrons. The molecule has 4 aromatic rings. The number of phenolic OH excluding ortho intramolecular Hbond substituents is 1. The Hall–Kier alpha value is -2.97. The Labute approximate surface area is 207 Å². The van der Waals surface area contributed by atoms with E-state index in [1.807, 2.05) is 18.2 Å². The number of benzene rings is 3. The normalized spacial score (nSPS) is 11.3. The number of ether oxygens (including phenoxy) is 1. The van der Waals surface area contributed by atoms with Crippen molar-refractivity contribution in [2.24, 2.45) is 5.10 Å². The van der Waals surface area contributed by atoms with Crippen LogP contribution in [0.4, 0.5) is 0 Å². The number of methoxy groups -OCH3 is 1. The number of aromatic nitrogens is 2. The Bertz CT molecular complexity index is 1390. The number of hydrogen-bond donors (Lipinski definition) is 3. The zero-order chi connectivity index (χ0) is 23.7. The molecule has 0 spiro atoms. The molecular weight excluding hydrogens is 510 g/mol. The molecule has 0 bridgehead atoms. The summed E-state index contributed by atoms with van der Waals surface area (Å²) in [5, 5.41) is 13.5. The summed E-state index contributed by atoms with van der Waals surface area (Å²) in [5.41, 5.74) is 4.51. The zero-order valence-corrected chi connectivity index (χ0v) is 19.8. The van der Waals surface area contributed by atoms with Crippen molar-refractivity contribution in [2.75, 3.05) is 7.11 Å². The zero-order valence-electron chi connectivity index (χ0n) is 16.8. The van der Waals surface area contributed by atoms with Crippen molar-refractivity contribution in [3.8, 4) is 22.9 Å². The largest absolute Gasteiger partial charge is 0.504 e. The number of H-pyrrole nitrogens is 1. The molecule has 3 aromatic carbocycles. The Morgan fingerprint density at radius 1 is 1.09 bits per heavy atom. The summed E-state index contributed by atoms with van der Waals surface area (Å²) >= 11 is 25.3. The van der Waals surface area contributed by atoms with Crippen molar-refractivity contribution in [1.29, 1.82) is 0 Å². The smallest absolute Gasteiger partial charge is 0.273 e. The lowest BCUT2D eigenvalue weighted by atomic mass is 10.1. The highest BCUT2D eigenvalue weighted by Gasteiger charge is 2.27. The molecule has 1 amide bonds. The molecule has 1 heterocycles. The van der Waals surface area contributed by atoms with Gasteiger partial charge >= 0.3 is 0 Å². The van der Waals surface area contributed by atoms with Crippen molar-refractivity contribution >= 4 is 69.6 Å². The number of hydrogen-bond acceptors (Lipinski definition) is 5. The van der Waals surface area contributed by atoms with Gasteiger partial charge in [0.05, 0.1) is 55.6 Å². The molecular formula is C22H14Cl4N4O3. The summed E-state index contributed by atoms with van der Waals surface area (Å²) in [4.78, 5) is 20.7. The van der Waals surface area contributed by atoms with Gasteiger partial charge in [-0.3, -0.25) is 4.79 Å². The van der Waals surface area contributed by atoms with Gasteiger partial charge < -0.3 is 14.8 Å². The highest BCUT2D eigenvalue weighted by molar-refractivity contribution is 6.54. The van der Waals surface area contributed by atoms with Gasteiger partial charge in [-0.2, -0.15) is 5.10 Å². The minimum Gasteiger partial charge on any atom is -0.504 e. The van der Waals surface area contributed by atoms with Gasteiger partial charge in [0.2, 0.25) is 0 Å². The summed E-state index contributed by atoms with van der Waals surface area (Å²) in [6, 6.07) is 11.9. The number of carbonyl (C=O) groups is 1. The number of nitrogens with zero attached hydrogens (tertiary/aromatic N) is 2. The first-order valence-corrected chi connectivity index (χ1v) is 10.8. The summed E-state index contributed by atoms with van der Waals surface area (Å²) < 4.78 is 5.06. The molecule has 0 fully saturated rings. The molecule has 0 saturated carbocycles. The summed E-state index contributed by atoms with van der Waals surface area (Å²) in [7, 11) is 1.42. The lowest BCUT2D eigenvalue weighted by molar-refractivity contribution is 0.0956. The Kier molecular flexibility index (Phi) is 6.67. The molecule has 33 heavy (non-hydrogen) atoms. The van der Waals surface area contributed by atoms with E-state index in [4.69, 9.17) is 51.1 Å². The van der Waals surface area contributed by atoms with E-state index >= 15 is 0 Å². The molecule has 1 aromatic heterocycles. The fourth-order valence-corrected chi connectivity index (χ4v) is 4.16. The number of amides is 1. The first-order chi connectivity index (χ1) is 15.8. The van der Waals surface area contributed by atoms with Gasteiger partial charge in [-0.1, -0.05) is 58.5 Å². The van der Waals surface area contributed by atoms with Crippen LogP contribution in [0.5, 0.6) is 11.5 Å². The topological polar surface area (TPSA) is 99.6 Å². The van der Waals surface area contributed by atoms with Crippen molar-refractivity contribution in [1.82, 2.24) is 15.4 Å². The maximum Gasteiger partial charge on any atom is 0.273 e. The van der Waals surface area contributed by atoms with Crippen molar-refractivity contribution in [3.63, 3.8) is 0 Å². The summed E-state index contributed by atoms with van der Waals surface area (Å²) in [6.45, 7) is 0. The van der Waals surface area contributed by atoms with Gasteiger partial charge in [-0.15, -0.1) is 0 Å². The Morgan fingerprint density at radius 3 is 2.55 bits per heavy atom. The SMILES string of the molecule is COc1cc(C=NNC(=O)c2c(Cl)c(Cl)c(Cl)c(Cl)c2-c2nc3ccccc3[nH]2)ccc1O. The number of rotatable bonds is 5. The third-order valence-corrected chi connectivity index (χ3v) is 6.51. The molecule has 0 aliphatic carbocycles. The first-order valence-electron chi connectivity index (χ1n) is 9.33. The molecule has 0 aliphatic heterocycles. The third kappa shape index (κ3) is 4.45. The van der Waals surface area contributed by atoms with Crippen LogP contribution in [0.1, 0.15) is 15.9 Å². The van der Waals surface area contributed by atoms with Gasteiger partial charge in [0.15, 0.2) is 11.5 Å². The van der Waals surface area contributed by atoms with Crippen molar-refractivity contribution in [3.05, 3.63) is 73.7 Å². The average Bonchev–Trinajstić information content (AvgIpc) is 3.24. The quantitative estimate of drug-likeness (QED) is 0.123. The fourth-order valence-electron chi connectivity index (χ4n) is 3.13. The van der Waals surface area contributed by atoms with Crippen molar-refractivity contribution in [2.45, 2.75) is 0 Å². The molecule has 11 heteroatoms. The number of nitrogens with one attached hydrogen (secondary N) is 2. The molecule has 0 unspecified atom stereocenters. The summed E-state index contributed by atoms with van der Waals surface area (Å²) in [6.07, 6.45) is 1.37. The third-order valence-electron chi connectivity index (χ3n) is 4.70. The number of aromatic hydroxyl groups is 1. The van der Waals surface area contributed by atoms with E-state index < -0.39 is 5.91 Å². The van der Waals surface area contributed by atoms with E-state index in [-0.39, 0.29) is 42.7 Å². The van der Waals surface area contributed by atoms with Crippen LogP contribution in [0, 0.1) is 0 Å². The van der Waals surface area contributed by atoms with Crippen LogP contribution in [-0.4, -0.2) is 34.3 Å². The highest BCUT2D eigenvalue weighted by Crippen LogP contribution is 2.45. The van der Waals surface area contributed by atoms with Crippen LogP contribution in [0.15, 0.2) is 47.6 Å². The van der Waals surface area contributed by atoms with Gasteiger partial charge in [0.1, 0.15) is 5.82 Å². The number of phenols is 1. The Morgan fingerprint density at radius 2 is 1.82 bits per heavy atom. The molecule has 0 aliphatic rings. The van der Waals surface area contributed by atoms with Crippen LogP contribution >= 0.6 is 46.4 Å². The number of halogens is 4. The van der Waals surface area contributed by atoms with E-state index in [1.165, 1.54) is 19.4 Å². The van der Waals surface area contributed by atoms with E-state index in [2.05, 4.69) is 20.5 Å². The van der Waals surface area contributed by atoms with E-state index in [1.54, 1.807) is 18.2 Å². The lowest BCUT2D eigenvalue weighted by Crippen LogP contribution is -2.20. The monoisotopic (exact) mass is 522 g/mol. The van der Waals surface area contributed by atoms with Crippen LogP contribution < -0.4 is 10.2 Å². The number of fused-ring (bicyclic) bond motifs is 1. The Balaban J connectivity index is 1.74. The molecule has 168 valence electrons. The minimum absolute atomic E-state index is 0.00460. The van der Waals surface area contributed by atoms with E-state index in [0.29, 0.717) is 16.9 Å². The van der Waals surface area contributed by atoms with Crippen LogP contribution in [0.2, 0.25) is 20.1 Å². The predicted octanol–water partition coefficient (Wildman–Crippen LogP) is 6.32. The van der Waals surface area contributed by atoms with Crippen LogP contribution in [0.3, 0.4) is 0 Å². The molecule has 3 N–H and O–H groups in total. The molecule has 0 saturated heterocycles. The standard InChI is InChI=1S/C22H14Cl4N4O3/c1-33-14-8-10(6-7-13(14)31)9-27-30-22(32)16-15(17(23)19(25)20(26)18(16)24)21-28-11-4-2-3-5-12(11)29-21/h2-9,31H,1H3,(H,28,29)(H,30,32). The predicted molar refractivity (Wildman–Crippen MR) is 131 cm³/mol. The molecule has 4 rings (SSSR count). The fraction of sp³-hybridized carbons (Fsp3) is 0.0455. The van der Waals surface area contributed by atoms with Crippen LogP contribution in [0.25, 0.3) is 22.4 Å². The van der Waals surface area contributed by atoms with Crippen molar-refractivity contribution < 1.29 is 14.6 Å². The van der Waals surface area contributed by atoms with Gasteiger partial charge in [0.25, 0.3) is 5.91 Å². The number of hydrazone groups is 1. The summed E-state index contributed by atoms with van der Waals surface area (Å²) in [5.74, 6) is -0.153. The minimum atomic E-state index is -0.682. The number of imidazole rings is 1. The second kappa shape index (κ2) is 9.49. The van der Waals surface area contributed by atoms with Gasteiger partial charge in [-0.05, 0) is 35.9 Å². The molecule has 7 nitrogen and oxygen atoms in total. The maximum atomic E-state index is 13.1. The second-order valence-corrected chi connectivity index (χ2v) is 8.25. The van der Waals surface area contributed by atoms with Gasteiger partial charge in [0, 0.05) is 0 Å². The van der Waals surface area contributed by atoms with E-state index in [0.717, 1.165) is 5.52 Å².